The number of aryl methyl sites for hydroxylation is 2. The number of methoxy groups -OCH3 is 1. The second kappa shape index (κ2) is 7.42. The topological polar surface area (TPSA) is 65.1 Å². The number of hydrogen-bond acceptors (Lipinski definition) is 4. The molecule has 0 aliphatic heterocycles. The third-order valence-electron chi connectivity index (χ3n) is 3.01. The van der Waals surface area contributed by atoms with E-state index in [1.807, 2.05) is 24.0 Å². The number of hydrazine groups is 1. The predicted octanol–water partition coefficient (Wildman–Crippen LogP) is 0.857. The van der Waals surface area contributed by atoms with Crippen molar-refractivity contribution in [1.82, 2.24) is 15.0 Å². The Balaban J connectivity index is 2.34. The van der Waals surface area contributed by atoms with Gasteiger partial charge in [0.2, 0.25) is 0 Å². The van der Waals surface area contributed by atoms with E-state index in [0.717, 1.165) is 31.7 Å². The zero-order valence-electron chi connectivity index (χ0n) is 11.0. The van der Waals surface area contributed by atoms with Crippen LogP contribution in [-0.4, -0.2) is 29.3 Å². The van der Waals surface area contributed by atoms with Gasteiger partial charge in [0.1, 0.15) is 5.82 Å². The van der Waals surface area contributed by atoms with E-state index >= 15 is 0 Å². The van der Waals surface area contributed by atoms with E-state index in [1.54, 1.807) is 7.11 Å². The summed E-state index contributed by atoms with van der Waals surface area (Å²) >= 11 is 0. The molecule has 0 saturated carbocycles. The maximum atomic E-state index is 5.58. The molecule has 5 heteroatoms. The van der Waals surface area contributed by atoms with Gasteiger partial charge in [-0.15, -0.1) is 0 Å². The van der Waals surface area contributed by atoms with Gasteiger partial charge in [0.15, 0.2) is 0 Å². The quantitative estimate of drug-likeness (QED) is 0.522. The number of ether oxygens (including phenoxy) is 1. The smallest absolute Gasteiger partial charge is 0.108 e. The number of nitrogens with one attached hydrogen (secondary N) is 1. The van der Waals surface area contributed by atoms with Crippen LogP contribution in [0.2, 0.25) is 0 Å². The van der Waals surface area contributed by atoms with E-state index in [2.05, 4.69) is 17.3 Å². The van der Waals surface area contributed by atoms with E-state index < -0.39 is 0 Å². The van der Waals surface area contributed by atoms with Crippen LogP contribution in [0.15, 0.2) is 12.4 Å². The Labute approximate surface area is 103 Å². The van der Waals surface area contributed by atoms with Crippen molar-refractivity contribution in [3.63, 3.8) is 0 Å². The number of nitrogens with zero attached hydrogens (tertiary/aromatic N) is 2. The maximum absolute atomic E-state index is 5.58. The molecule has 0 radical (unpaired) electrons. The van der Waals surface area contributed by atoms with Gasteiger partial charge in [-0.1, -0.05) is 6.92 Å². The summed E-state index contributed by atoms with van der Waals surface area (Å²) in [5, 5.41) is 0. The molecule has 3 N–H and O–H groups in total. The van der Waals surface area contributed by atoms with Crippen LogP contribution in [0.3, 0.4) is 0 Å². The Morgan fingerprint density at radius 3 is 2.88 bits per heavy atom. The van der Waals surface area contributed by atoms with E-state index in [0.29, 0.717) is 12.0 Å². The normalized spacial score (nSPS) is 14.8. The van der Waals surface area contributed by atoms with Crippen LogP contribution in [-0.2, 0) is 18.2 Å². The lowest BCUT2D eigenvalue weighted by Gasteiger charge is -2.19. The first-order valence-corrected chi connectivity index (χ1v) is 6.08. The number of aromatic nitrogens is 2. The molecule has 17 heavy (non-hydrogen) atoms. The fraction of sp³-hybridized carbons (Fsp3) is 0.750. The molecule has 1 rings (SSSR count). The lowest BCUT2D eigenvalue weighted by molar-refractivity contribution is 0.148. The molecule has 0 saturated heterocycles. The standard InChI is InChI=1S/C12H24N4O/c1-10(9-17-3)8-11(15-13)4-5-12-14-6-7-16(12)2/h6-7,10-11,15H,4-5,8-9,13H2,1-3H3. The molecule has 0 bridgehead atoms. The maximum Gasteiger partial charge on any atom is 0.108 e. The SMILES string of the molecule is COCC(C)CC(CCc1nccn1C)NN. The van der Waals surface area contributed by atoms with Crippen LogP contribution in [0.5, 0.6) is 0 Å². The third-order valence-corrected chi connectivity index (χ3v) is 3.01. The van der Waals surface area contributed by atoms with Crippen molar-refractivity contribution in [2.45, 2.75) is 32.2 Å². The van der Waals surface area contributed by atoms with Gasteiger partial charge in [0.25, 0.3) is 0 Å². The van der Waals surface area contributed by atoms with Crippen LogP contribution in [0.1, 0.15) is 25.6 Å². The minimum atomic E-state index is 0.317. The summed E-state index contributed by atoms with van der Waals surface area (Å²) in [5.74, 6) is 7.19. The molecule has 2 atom stereocenters. The van der Waals surface area contributed by atoms with Gasteiger partial charge < -0.3 is 9.30 Å². The number of imidazole rings is 1. The zero-order chi connectivity index (χ0) is 12.7. The Morgan fingerprint density at radius 1 is 1.59 bits per heavy atom. The van der Waals surface area contributed by atoms with E-state index in [-0.39, 0.29) is 0 Å². The lowest BCUT2D eigenvalue weighted by atomic mass is 9.99. The summed E-state index contributed by atoms with van der Waals surface area (Å²) in [4.78, 5) is 4.31. The van der Waals surface area contributed by atoms with Gasteiger partial charge in [-0.05, 0) is 18.8 Å². The van der Waals surface area contributed by atoms with E-state index in [1.165, 1.54) is 0 Å². The van der Waals surface area contributed by atoms with Crippen molar-refractivity contribution < 1.29 is 4.74 Å². The molecule has 0 amide bonds. The molecule has 1 aromatic heterocycles. The Bertz CT molecular complexity index is 313. The first kappa shape index (κ1) is 14.2. The zero-order valence-corrected chi connectivity index (χ0v) is 11.0. The average molecular weight is 240 g/mol. The van der Waals surface area contributed by atoms with Crippen molar-refractivity contribution in [2.24, 2.45) is 18.8 Å². The minimum Gasteiger partial charge on any atom is -0.384 e. The second-order valence-electron chi connectivity index (χ2n) is 4.65. The number of hydrogen-bond donors (Lipinski definition) is 2. The highest BCUT2D eigenvalue weighted by molar-refractivity contribution is 4.92. The highest BCUT2D eigenvalue weighted by Gasteiger charge is 2.12. The van der Waals surface area contributed by atoms with E-state index in [9.17, 15) is 0 Å². The van der Waals surface area contributed by atoms with E-state index in [4.69, 9.17) is 10.6 Å². The summed E-state index contributed by atoms with van der Waals surface area (Å²) in [6.45, 7) is 2.95. The summed E-state index contributed by atoms with van der Waals surface area (Å²) in [5.41, 5.74) is 2.88. The average Bonchev–Trinajstić information content (AvgIpc) is 2.70. The van der Waals surface area contributed by atoms with Crippen LogP contribution in [0.4, 0.5) is 0 Å². The summed E-state index contributed by atoms with van der Waals surface area (Å²) in [6, 6.07) is 0.317. The molecule has 0 aliphatic rings. The van der Waals surface area contributed by atoms with Gasteiger partial charge in [0.05, 0.1) is 0 Å². The Morgan fingerprint density at radius 2 is 2.35 bits per heavy atom. The largest absolute Gasteiger partial charge is 0.384 e. The van der Waals surface area contributed by atoms with Crippen LogP contribution in [0, 0.1) is 5.92 Å². The molecule has 1 aromatic rings. The molecule has 0 aromatic carbocycles. The van der Waals surface area contributed by atoms with Gasteiger partial charge in [-0.25, -0.2) is 4.98 Å². The first-order valence-electron chi connectivity index (χ1n) is 6.08. The number of nitrogens with two attached hydrogens (primary N) is 1. The molecular weight excluding hydrogens is 216 g/mol. The van der Waals surface area contributed by atoms with Gasteiger partial charge >= 0.3 is 0 Å². The molecular formula is C12H24N4O. The molecule has 2 unspecified atom stereocenters. The van der Waals surface area contributed by atoms with Crippen LogP contribution < -0.4 is 11.3 Å². The Hall–Kier alpha value is -0.910. The molecule has 98 valence electrons. The minimum absolute atomic E-state index is 0.317. The molecule has 0 aliphatic carbocycles. The second-order valence-corrected chi connectivity index (χ2v) is 4.65. The van der Waals surface area contributed by atoms with Crippen molar-refractivity contribution in [2.75, 3.05) is 13.7 Å². The number of rotatable bonds is 8. The van der Waals surface area contributed by atoms with Gasteiger partial charge in [-0.3, -0.25) is 11.3 Å². The highest BCUT2D eigenvalue weighted by Crippen LogP contribution is 2.11. The fourth-order valence-corrected chi connectivity index (χ4v) is 2.05. The van der Waals surface area contributed by atoms with Crippen molar-refractivity contribution in [3.8, 4) is 0 Å². The lowest BCUT2D eigenvalue weighted by Crippen LogP contribution is -2.37. The molecule has 1 heterocycles. The van der Waals surface area contributed by atoms with Crippen LogP contribution in [0.25, 0.3) is 0 Å². The third kappa shape index (κ3) is 4.85. The summed E-state index contributed by atoms with van der Waals surface area (Å²) in [7, 11) is 3.75. The van der Waals surface area contributed by atoms with Gasteiger partial charge in [0, 0.05) is 45.6 Å². The highest BCUT2D eigenvalue weighted by atomic mass is 16.5. The van der Waals surface area contributed by atoms with Gasteiger partial charge in [-0.2, -0.15) is 0 Å². The van der Waals surface area contributed by atoms with Crippen molar-refractivity contribution >= 4 is 0 Å². The molecule has 0 fully saturated rings. The molecule has 0 spiro atoms. The summed E-state index contributed by atoms with van der Waals surface area (Å²) in [6.07, 6.45) is 6.75. The van der Waals surface area contributed by atoms with Crippen molar-refractivity contribution in [3.05, 3.63) is 18.2 Å². The van der Waals surface area contributed by atoms with Crippen LogP contribution >= 0.6 is 0 Å². The Kier molecular flexibility index (Phi) is 6.18. The first-order chi connectivity index (χ1) is 8.17. The van der Waals surface area contributed by atoms with Crippen molar-refractivity contribution in [1.29, 1.82) is 0 Å². The molecule has 5 nitrogen and oxygen atoms in total. The predicted molar refractivity (Wildman–Crippen MR) is 68.3 cm³/mol. The summed E-state index contributed by atoms with van der Waals surface area (Å²) < 4.78 is 7.18. The fourth-order valence-electron chi connectivity index (χ4n) is 2.05. The monoisotopic (exact) mass is 240 g/mol.